The zero-order valence-electron chi connectivity index (χ0n) is 36.2. The number of cyclic esters (lactones) is 1. The highest BCUT2D eigenvalue weighted by Gasteiger charge is 2.57. The number of likely N-dealkylation sites (N-methyl/N-ethyl adjacent to an activating group) is 1. The van der Waals surface area contributed by atoms with E-state index in [1.165, 1.54) is 6.92 Å². The molecule has 4 heterocycles. The SMILES string of the molecule is CC[C@H]1OC(=O)[C@H](C)C(=O)[C@H](C)[C@@H](O[C@@H]2O[C@H](C)C[C@H](N(C)C)[C@H]2O)[C@](C)(OC(=O)NC/C=C/c2ccc(-c3cnccn3)cc2)C[C@@H](C)C(=O)[C@H](C)[C@H]2NC(=S)O[C@@]21C. The molecular formula is C44H61N5O10S. The molecule has 0 bridgehead atoms. The van der Waals surface area contributed by atoms with E-state index in [9.17, 15) is 24.3 Å². The number of benzene rings is 1. The van der Waals surface area contributed by atoms with Gasteiger partial charge in [0.2, 0.25) is 0 Å². The predicted octanol–water partition coefficient (Wildman–Crippen LogP) is 4.89. The molecule has 16 heteroatoms. The number of esters is 1. The second kappa shape index (κ2) is 19.6. The summed E-state index contributed by atoms with van der Waals surface area (Å²) in [5, 5.41) is 17.5. The van der Waals surface area contributed by atoms with Crippen molar-refractivity contribution in [3.63, 3.8) is 0 Å². The number of aromatic nitrogens is 2. The molecular weight excluding hydrogens is 791 g/mol. The average Bonchev–Trinajstić information content (AvgIpc) is 3.53. The van der Waals surface area contributed by atoms with Gasteiger partial charge in [0.05, 0.1) is 24.0 Å². The zero-order chi connectivity index (χ0) is 44.1. The van der Waals surface area contributed by atoms with Crippen LogP contribution >= 0.6 is 12.2 Å². The van der Waals surface area contributed by atoms with E-state index >= 15 is 0 Å². The van der Waals surface area contributed by atoms with Crippen molar-refractivity contribution in [2.75, 3.05) is 20.6 Å². The van der Waals surface area contributed by atoms with E-state index in [4.69, 9.17) is 35.9 Å². The number of ketones is 2. The number of carbonyl (C=O) groups is 4. The summed E-state index contributed by atoms with van der Waals surface area (Å²) in [6.07, 6.45) is 3.47. The molecule has 3 saturated heterocycles. The van der Waals surface area contributed by atoms with Gasteiger partial charge >= 0.3 is 12.1 Å². The molecule has 2 aromatic rings. The van der Waals surface area contributed by atoms with Crippen molar-refractivity contribution < 1.29 is 48.0 Å². The molecule has 328 valence electrons. The molecule has 0 radical (unpaired) electrons. The highest BCUT2D eigenvalue weighted by atomic mass is 32.1. The minimum atomic E-state index is -1.71. The lowest BCUT2D eigenvalue weighted by Crippen LogP contribution is -2.60. The zero-order valence-corrected chi connectivity index (χ0v) is 37.1. The fourth-order valence-electron chi connectivity index (χ4n) is 8.88. The Morgan fingerprint density at radius 1 is 1.07 bits per heavy atom. The van der Waals surface area contributed by atoms with Gasteiger partial charge < -0.3 is 44.3 Å². The molecule has 0 spiro atoms. The first-order chi connectivity index (χ1) is 28.3. The maximum atomic E-state index is 14.5. The molecule has 1 aromatic carbocycles. The molecule has 1 aromatic heterocycles. The number of hydrogen-bond donors (Lipinski definition) is 3. The number of hydrogen-bond acceptors (Lipinski definition) is 14. The number of alkyl carbamates (subject to hydrolysis) is 1. The summed E-state index contributed by atoms with van der Waals surface area (Å²) in [5.41, 5.74) is -0.407. The van der Waals surface area contributed by atoms with Gasteiger partial charge in [-0.15, -0.1) is 0 Å². The normalized spacial score (nSPS) is 35.6. The van der Waals surface area contributed by atoms with Gasteiger partial charge in [-0.25, -0.2) is 4.79 Å². The van der Waals surface area contributed by atoms with Gasteiger partial charge in [-0.1, -0.05) is 64.1 Å². The molecule has 15 nitrogen and oxygen atoms in total. The Morgan fingerprint density at radius 3 is 2.40 bits per heavy atom. The second-order valence-corrected chi connectivity index (χ2v) is 17.4. The summed E-state index contributed by atoms with van der Waals surface area (Å²) < 4.78 is 31.2. The molecule has 3 N–H and O–H groups in total. The van der Waals surface area contributed by atoms with Crippen LogP contribution < -0.4 is 10.6 Å². The molecule has 60 heavy (non-hydrogen) atoms. The minimum Gasteiger partial charge on any atom is -0.459 e. The van der Waals surface area contributed by atoms with Gasteiger partial charge in [0.25, 0.3) is 5.17 Å². The highest BCUT2D eigenvalue weighted by molar-refractivity contribution is 7.80. The lowest BCUT2D eigenvalue weighted by Gasteiger charge is -2.47. The van der Waals surface area contributed by atoms with E-state index in [-0.39, 0.29) is 36.1 Å². The van der Waals surface area contributed by atoms with Crippen LogP contribution in [0.4, 0.5) is 4.79 Å². The van der Waals surface area contributed by atoms with Gasteiger partial charge in [0.1, 0.15) is 35.6 Å². The lowest BCUT2D eigenvalue weighted by atomic mass is 9.73. The number of aliphatic hydroxyl groups excluding tert-OH is 1. The molecule has 0 aliphatic carbocycles. The first-order valence-electron chi connectivity index (χ1n) is 20.7. The van der Waals surface area contributed by atoms with Crippen LogP contribution in [-0.2, 0) is 38.1 Å². The Hall–Kier alpha value is -4.35. The number of amides is 1. The second-order valence-electron chi connectivity index (χ2n) is 17.1. The maximum absolute atomic E-state index is 14.5. The summed E-state index contributed by atoms with van der Waals surface area (Å²) in [4.78, 5) is 67.0. The van der Waals surface area contributed by atoms with Crippen molar-refractivity contribution in [3.8, 4) is 11.3 Å². The Kier molecular flexibility index (Phi) is 15.2. The van der Waals surface area contributed by atoms with Gasteiger partial charge in [-0.2, -0.15) is 0 Å². The summed E-state index contributed by atoms with van der Waals surface area (Å²) in [7, 11) is 3.68. The van der Waals surface area contributed by atoms with Crippen LogP contribution in [0.2, 0.25) is 0 Å². The van der Waals surface area contributed by atoms with Crippen LogP contribution in [0.25, 0.3) is 17.3 Å². The minimum absolute atomic E-state index is 0.0640. The Bertz CT molecular complexity index is 1880. The molecule has 1 amide bonds. The third-order valence-electron chi connectivity index (χ3n) is 12.2. The van der Waals surface area contributed by atoms with E-state index in [0.29, 0.717) is 12.8 Å². The van der Waals surface area contributed by atoms with Gasteiger partial charge in [-0.3, -0.25) is 24.4 Å². The Balaban J connectivity index is 1.48. The van der Waals surface area contributed by atoms with E-state index in [2.05, 4.69) is 20.6 Å². The van der Waals surface area contributed by atoms with Crippen LogP contribution in [0.3, 0.4) is 0 Å². The molecule has 0 unspecified atom stereocenters. The third kappa shape index (κ3) is 10.4. The molecule has 0 saturated carbocycles. The van der Waals surface area contributed by atoms with Crippen molar-refractivity contribution in [3.05, 3.63) is 54.5 Å². The van der Waals surface area contributed by atoms with E-state index < -0.39 is 83.4 Å². The standard InChI is InChI=1S/C44H61N5O10S/c1-11-33-44(8)37(48-42(60)59-44)26(4)34(50)24(2)22-43(7,58-41(54)47-18-12-13-29-14-16-30(17-15-29)31-23-45-19-20-46-31)38(27(5)35(51)28(6)39(53)56-33)57-40-36(52)32(49(9)10)21-25(3)55-40/h12-17,19-20,23-28,32-33,36-38,40,52H,11,18,21-22H2,1-10H3,(H,47,54)(H,48,60)/b13-12+/t24-,25-,26+,27+,28-,32+,33-,36-,37-,38-,40+,43-,44-/m1/s1. The number of Topliss-reactive ketones (excluding diaryl/α,β-unsaturated/α-hetero) is 2. The molecule has 3 aliphatic heterocycles. The quantitative estimate of drug-likeness (QED) is 0.176. The number of fused-ring (bicyclic) bond motifs is 1. The summed E-state index contributed by atoms with van der Waals surface area (Å²) in [6.45, 7) is 13.6. The number of aliphatic hydroxyl groups is 1. The molecule has 3 fully saturated rings. The lowest BCUT2D eigenvalue weighted by molar-refractivity contribution is -0.292. The van der Waals surface area contributed by atoms with E-state index in [0.717, 1.165) is 16.8 Å². The predicted molar refractivity (Wildman–Crippen MR) is 227 cm³/mol. The molecule has 13 atom stereocenters. The van der Waals surface area contributed by atoms with Crippen LogP contribution in [0.5, 0.6) is 0 Å². The van der Waals surface area contributed by atoms with Crippen molar-refractivity contribution in [2.24, 2.45) is 23.7 Å². The smallest absolute Gasteiger partial charge is 0.408 e. The fourth-order valence-corrected chi connectivity index (χ4v) is 9.19. The molecule has 5 rings (SSSR count). The summed E-state index contributed by atoms with van der Waals surface area (Å²) in [5.74, 6) is -5.48. The number of nitrogens with zero attached hydrogens (tertiary/aromatic N) is 3. The number of thiocarbonyl (C=S) groups is 1. The number of rotatable bonds is 9. The van der Waals surface area contributed by atoms with Crippen LogP contribution in [0, 0.1) is 23.7 Å². The first-order valence-corrected chi connectivity index (χ1v) is 21.1. The fraction of sp³-hybridized carbons (Fsp3) is 0.614. The van der Waals surface area contributed by atoms with Crippen LogP contribution in [0.15, 0.2) is 48.9 Å². The van der Waals surface area contributed by atoms with Gasteiger partial charge in [0, 0.05) is 48.3 Å². The summed E-state index contributed by atoms with van der Waals surface area (Å²) >= 11 is 5.42. The first kappa shape index (κ1) is 46.7. The highest BCUT2D eigenvalue weighted by Crippen LogP contribution is 2.40. The topological polar surface area (TPSA) is 188 Å². The monoisotopic (exact) mass is 851 g/mol. The Labute approximate surface area is 358 Å². The third-order valence-corrected chi connectivity index (χ3v) is 12.4. The molecule has 3 aliphatic rings. The van der Waals surface area contributed by atoms with Gasteiger partial charge in [-0.05, 0) is 78.8 Å². The average molecular weight is 852 g/mol. The van der Waals surface area contributed by atoms with Crippen LogP contribution in [0.1, 0.15) is 80.2 Å². The van der Waals surface area contributed by atoms with Crippen molar-refractivity contribution >= 4 is 47.1 Å². The van der Waals surface area contributed by atoms with Crippen molar-refractivity contribution in [2.45, 2.75) is 129 Å². The van der Waals surface area contributed by atoms with Crippen LogP contribution in [-0.4, -0.2) is 123 Å². The summed E-state index contributed by atoms with van der Waals surface area (Å²) in [6, 6.07) is 6.62. The van der Waals surface area contributed by atoms with Crippen molar-refractivity contribution in [1.82, 2.24) is 25.5 Å². The number of nitrogens with one attached hydrogen (secondary N) is 2. The largest absolute Gasteiger partial charge is 0.459 e. The number of ether oxygens (including phenoxy) is 5. The maximum Gasteiger partial charge on any atom is 0.408 e. The van der Waals surface area contributed by atoms with E-state index in [1.54, 1.807) is 59.3 Å². The van der Waals surface area contributed by atoms with Crippen molar-refractivity contribution in [1.29, 1.82) is 0 Å². The van der Waals surface area contributed by atoms with E-state index in [1.807, 2.05) is 63.2 Å². The van der Waals surface area contributed by atoms with Gasteiger partial charge in [0.15, 0.2) is 17.7 Å². The Morgan fingerprint density at radius 2 is 1.77 bits per heavy atom. The number of carbonyl (C=O) groups excluding carboxylic acids is 4.